The summed E-state index contributed by atoms with van der Waals surface area (Å²) in [4.78, 5) is 0. The minimum atomic E-state index is 0.508. The highest BCUT2D eigenvalue weighted by Gasteiger charge is 2.24. The molecule has 2 aromatic heterocycles. The van der Waals surface area contributed by atoms with Gasteiger partial charge in [0.1, 0.15) is 0 Å². The zero-order valence-corrected chi connectivity index (χ0v) is 7.72. The van der Waals surface area contributed by atoms with Crippen molar-refractivity contribution in [1.82, 2.24) is 19.8 Å². The van der Waals surface area contributed by atoms with Crippen molar-refractivity contribution < 1.29 is 0 Å². The van der Waals surface area contributed by atoms with Gasteiger partial charge in [0, 0.05) is 6.07 Å². The third-order valence-corrected chi connectivity index (χ3v) is 2.78. The first kappa shape index (κ1) is 7.87. The molecule has 1 aliphatic carbocycles. The van der Waals surface area contributed by atoms with E-state index in [1.165, 1.54) is 5.69 Å². The molecular weight excluding hydrogens is 178 g/mol. The van der Waals surface area contributed by atoms with E-state index in [0.29, 0.717) is 12.5 Å². The standard InChI is InChI=1S/C9H11N5/c10-5-6-3-7-8(4-6)14-9(13-12-7)1-2-11-14/h1-2,6H,3-5,10H2. The lowest BCUT2D eigenvalue weighted by Crippen LogP contribution is -2.14. The molecule has 0 spiro atoms. The van der Waals surface area contributed by atoms with Crippen LogP contribution in [0, 0.1) is 5.92 Å². The van der Waals surface area contributed by atoms with Crippen LogP contribution in [0.5, 0.6) is 0 Å². The van der Waals surface area contributed by atoms with Crippen LogP contribution in [0.25, 0.3) is 5.65 Å². The molecule has 0 radical (unpaired) electrons. The summed E-state index contributed by atoms with van der Waals surface area (Å²) in [7, 11) is 0. The summed E-state index contributed by atoms with van der Waals surface area (Å²) in [6.45, 7) is 0.707. The lowest BCUT2D eigenvalue weighted by atomic mass is 10.1. The second kappa shape index (κ2) is 2.75. The Balaban J connectivity index is 2.19. The SMILES string of the molecule is NCC1Cc2nnc3ccnn3c2C1. The summed E-state index contributed by atoms with van der Waals surface area (Å²) in [5.74, 6) is 0.508. The summed E-state index contributed by atoms with van der Waals surface area (Å²) in [5.41, 5.74) is 8.70. The molecule has 2 aromatic rings. The van der Waals surface area contributed by atoms with E-state index in [1.807, 2.05) is 10.6 Å². The maximum Gasteiger partial charge on any atom is 0.177 e. The zero-order chi connectivity index (χ0) is 9.54. The molecule has 1 atom stereocenters. The van der Waals surface area contributed by atoms with Gasteiger partial charge in [-0.05, 0) is 25.3 Å². The minimum absolute atomic E-state index is 0.508. The van der Waals surface area contributed by atoms with Crippen LogP contribution >= 0.6 is 0 Å². The van der Waals surface area contributed by atoms with E-state index in [2.05, 4.69) is 15.3 Å². The third-order valence-electron chi connectivity index (χ3n) is 2.78. The van der Waals surface area contributed by atoms with Gasteiger partial charge < -0.3 is 5.73 Å². The Bertz CT molecular complexity index is 475. The van der Waals surface area contributed by atoms with E-state index in [-0.39, 0.29) is 0 Å². The largest absolute Gasteiger partial charge is 0.330 e. The molecule has 0 saturated heterocycles. The topological polar surface area (TPSA) is 69.1 Å². The van der Waals surface area contributed by atoms with Gasteiger partial charge in [0.05, 0.1) is 17.6 Å². The van der Waals surface area contributed by atoms with E-state index in [0.717, 1.165) is 24.2 Å². The van der Waals surface area contributed by atoms with E-state index in [1.54, 1.807) is 6.20 Å². The van der Waals surface area contributed by atoms with Crippen LogP contribution < -0.4 is 5.73 Å². The van der Waals surface area contributed by atoms with Crippen LogP contribution in [0.2, 0.25) is 0 Å². The lowest BCUT2D eigenvalue weighted by Gasteiger charge is -2.01. The van der Waals surface area contributed by atoms with Crippen LogP contribution in [0.15, 0.2) is 12.3 Å². The fourth-order valence-corrected chi connectivity index (χ4v) is 2.02. The van der Waals surface area contributed by atoms with Gasteiger partial charge in [-0.15, -0.1) is 5.10 Å². The number of nitrogens with two attached hydrogens (primary N) is 1. The Morgan fingerprint density at radius 1 is 1.43 bits per heavy atom. The third kappa shape index (κ3) is 0.957. The monoisotopic (exact) mass is 189 g/mol. The molecule has 14 heavy (non-hydrogen) atoms. The molecule has 5 nitrogen and oxygen atoms in total. The normalized spacial score (nSPS) is 20.2. The van der Waals surface area contributed by atoms with Crippen molar-refractivity contribution >= 4 is 5.65 Å². The summed E-state index contributed by atoms with van der Waals surface area (Å²) in [6, 6.07) is 1.86. The van der Waals surface area contributed by atoms with Gasteiger partial charge >= 0.3 is 0 Å². The average molecular weight is 189 g/mol. The molecule has 2 heterocycles. The highest BCUT2D eigenvalue weighted by molar-refractivity contribution is 5.38. The van der Waals surface area contributed by atoms with Crippen molar-refractivity contribution in [3.05, 3.63) is 23.7 Å². The van der Waals surface area contributed by atoms with Gasteiger partial charge in [0.15, 0.2) is 5.65 Å². The van der Waals surface area contributed by atoms with Crippen molar-refractivity contribution in [2.45, 2.75) is 12.8 Å². The first-order valence-corrected chi connectivity index (χ1v) is 4.76. The smallest absolute Gasteiger partial charge is 0.177 e. The summed E-state index contributed by atoms with van der Waals surface area (Å²) >= 11 is 0. The summed E-state index contributed by atoms with van der Waals surface area (Å²) in [5, 5.41) is 12.5. The second-order valence-corrected chi connectivity index (χ2v) is 3.70. The number of hydrogen-bond acceptors (Lipinski definition) is 4. The predicted octanol–water partition coefficient (Wildman–Crippen LogP) is -0.202. The fraction of sp³-hybridized carbons (Fsp3) is 0.444. The molecule has 0 bridgehead atoms. The molecule has 0 fully saturated rings. The molecule has 5 heteroatoms. The number of aromatic nitrogens is 4. The fourth-order valence-electron chi connectivity index (χ4n) is 2.02. The molecule has 2 N–H and O–H groups in total. The first-order chi connectivity index (χ1) is 6.88. The quantitative estimate of drug-likeness (QED) is 0.674. The first-order valence-electron chi connectivity index (χ1n) is 4.76. The number of rotatable bonds is 1. The molecular formula is C9H11N5. The van der Waals surface area contributed by atoms with Crippen molar-refractivity contribution in [2.24, 2.45) is 11.7 Å². The summed E-state index contributed by atoms with van der Waals surface area (Å²) in [6.07, 6.45) is 3.66. The van der Waals surface area contributed by atoms with E-state index in [9.17, 15) is 0 Å². The summed E-state index contributed by atoms with van der Waals surface area (Å²) < 4.78 is 1.87. The number of hydrogen-bond donors (Lipinski definition) is 1. The van der Waals surface area contributed by atoms with Gasteiger partial charge in [-0.2, -0.15) is 10.2 Å². The van der Waals surface area contributed by atoms with Gasteiger partial charge in [-0.1, -0.05) is 0 Å². The molecule has 3 rings (SSSR count). The lowest BCUT2D eigenvalue weighted by molar-refractivity contribution is 0.566. The molecule has 1 unspecified atom stereocenters. The van der Waals surface area contributed by atoms with Gasteiger partial charge in [0.25, 0.3) is 0 Å². The molecule has 0 aromatic carbocycles. The van der Waals surface area contributed by atoms with E-state index in [4.69, 9.17) is 5.73 Å². The van der Waals surface area contributed by atoms with Crippen molar-refractivity contribution in [3.8, 4) is 0 Å². The van der Waals surface area contributed by atoms with Crippen LogP contribution in [0.3, 0.4) is 0 Å². The average Bonchev–Trinajstić information content (AvgIpc) is 2.82. The van der Waals surface area contributed by atoms with Crippen molar-refractivity contribution in [2.75, 3.05) is 6.54 Å². The zero-order valence-electron chi connectivity index (χ0n) is 7.72. The van der Waals surface area contributed by atoms with Crippen LogP contribution in [-0.2, 0) is 12.8 Å². The number of nitrogens with zero attached hydrogens (tertiary/aromatic N) is 4. The van der Waals surface area contributed by atoms with Crippen LogP contribution in [-0.4, -0.2) is 26.4 Å². The molecule has 0 aliphatic heterocycles. The van der Waals surface area contributed by atoms with Crippen molar-refractivity contribution in [3.63, 3.8) is 0 Å². The second-order valence-electron chi connectivity index (χ2n) is 3.70. The van der Waals surface area contributed by atoms with Gasteiger partial charge in [-0.25, -0.2) is 4.52 Å². The Morgan fingerprint density at radius 2 is 2.36 bits per heavy atom. The highest BCUT2D eigenvalue weighted by atomic mass is 15.3. The molecule has 1 aliphatic rings. The minimum Gasteiger partial charge on any atom is -0.330 e. The van der Waals surface area contributed by atoms with Crippen LogP contribution in [0.1, 0.15) is 11.4 Å². The van der Waals surface area contributed by atoms with Crippen molar-refractivity contribution in [1.29, 1.82) is 0 Å². The molecule has 72 valence electrons. The van der Waals surface area contributed by atoms with E-state index < -0.39 is 0 Å². The Hall–Kier alpha value is -1.49. The Kier molecular flexibility index (Phi) is 1.55. The highest BCUT2D eigenvalue weighted by Crippen LogP contribution is 2.23. The predicted molar refractivity (Wildman–Crippen MR) is 50.7 cm³/mol. The number of fused-ring (bicyclic) bond motifs is 3. The Morgan fingerprint density at radius 3 is 3.21 bits per heavy atom. The van der Waals surface area contributed by atoms with Gasteiger partial charge in [0.2, 0.25) is 0 Å². The van der Waals surface area contributed by atoms with E-state index >= 15 is 0 Å². The van der Waals surface area contributed by atoms with Gasteiger partial charge in [-0.3, -0.25) is 0 Å². The molecule has 0 saturated carbocycles. The Labute approximate surface area is 80.9 Å². The molecule has 0 amide bonds. The van der Waals surface area contributed by atoms with Crippen LogP contribution in [0.4, 0.5) is 0 Å². The maximum atomic E-state index is 5.65. The maximum absolute atomic E-state index is 5.65.